The molecule has 1 aliphatic rings. The molecule has 2 rings (SSSR count). The lowest BCUT2D eigenvalue weighted by Gasteiger charge is -2.26. The van der Waals surface area contributed by atoms with E-state index < -0.39 is 0 Å². The van der Waals surface area contributed by atoms with E-state index in [-0.39, 0.29) is 18.2 Å². The fourth-order valence-electron chi connectivity index (χ4n) is 2.36. The van der Waals surface area contributed by atoms with Crippen molar-refractivity contribution in [3.63, 3.8) is 0 Å². The van der Waals surface area contributed by atoms with Gasteiger partial charge in [0, 0.05) is 6.61 Å². The maximum atomic E-state index is 6.24. The first-order valence-corrected chi connectivity index (χ1v) is 7.22. The van der Waals surface area contributed by atoms with Crippen LogP contribution in [0.4, 0.5) is 0 Å². The van der Waals surface area contributed by atoms with Crippen molar-refractivity contribution in [2.24, 2.45) is 5.73 Å². The van der Waals surface area contributed by atoms with Gasteiger partial charge in [-0.2, -0.15) is 0 Å². The van der Waals surface area contributed by atoms with E-state index in [0.29, 0.717) is 6.61 Å². The Kier molecular flexibility index (Phi) is 5.37. The normalized spacial score (nSPS) is 23.0. The van der Waals surface area contributed by atoms with Crippen LogP contribution in [0.15, 0.2) is 24.3 Å². The zero-order valence-electron chi connectivity index (χ0n) is 12.0. The minimum Gasteiger partial charge on any atom is -0.376 e. The number of nitrogens with two attached hydrogens (primary N) is 1. The van der Waals surface area contributed by atoms with Gasteiger partial charge in [-0.3, -0.25) is 0 Å². The molecule has 0 amide bonds. The van der Waals surface area contributed by atoms with Crippen LogP contribution in [0.5, 0.6) is 0 Å². The van der Waals surface area contributed by atoms with Crippen LogP contribution in [0, 0.1) is 6.92 Å². The average Bonchev–Trinajstić information content (AvgIpc) is 2.46. The number of ether oxygens (including phenoxy) is 2. The molecule has 0 saturated carbocycles. The molecule has 3 heteroatoms. The molecule has 1 heterocycles. The highest BCUT2D eigenvalue weighted by atomic mass is 16.5. The Hall–Kier alpha value is -0.900. The van der Waals surface area contributed by atoms with Crippen molar-refractivity contribution in [2.75, 3.05) is 13.2 Å². The molecule has 0 bridgehead atoms. The lowest BCUT2D eigenvalue weighted by atomic mass is 10.0. The van der Waals surface area contributed by atoms with Gasteiger partial charge in [0.1, 0.15) is 0 Å². The Balaban J connectivity index is 1.81. The van der Waals surface area contributed by atoms with Gasteiger partial charge < -0.3 is 15.2 Å². The third-order valence-corrected chi connectivity index (χ3v) is 3.79. The lowest BCUT2D eigenvalue weighted by molar-refractivity contribution is -0.0639. The van der Waals surface area contributed by atoms with Gasteiger partial charge in [0.15, 0.2) is 0 Å². The summed E-state index contributed by atoms with van der Waals surface area (Å²) in [6.07, 6.45) is 3.78. The predicted molar refractivity (Wildman–Crippen MR) is 77.1 cm³/mol. The molecule has 0 aliphatic carbocycles. The predicted octanol–water partition coefficient (Wildman–Crippen LogP) is 2.97. The molecule has 1 aliphatic heterocycles. The number of aryl methyl sites for hydroxylation is 1. The number of rotatable bonds is 5. The highest BCUT2D eigenvalue weighted by Gasteiger charge is 2.19. The molecule has 1 saturated heterocycles. The molecule has 0 spiro atoms. The van der Waals surface area contributed by atoms with E-state index in [1.54, 1.807) is 0 Å². The summed E-state index contributed by atoms with van der Waals surface area (Å²) in [5.74, 6) is 0. The summed E-state index contributed by atoms with van der Waals surface area (Å²) in [5.41, 5.74) is 8.62. The molecule has 0 aromatic heterocycles. The van der Waals surface area contributed by atoms with Gasteiger partial charge in [0.2, 0.25) is 0 Å². The third kappa shape index (κ3) is 4.30. The zero-order valence-corrected chi connectivity index (χ0v) is 12.0. The van der Waals surface area contributed by atoms with Gasteiger partial charge in [0.25, 0.3) is 0 Å². The van der Waals surface area contributed by atoms with Crippen LogP contribution in [-0.2, 0) is 9.47 Å². The molecule has 3 atom stereocenters. The lowest BCUT2D eigenvalue weighted by Crippen LogP contribution is -2.31. The first-order valence-electron chi connectivity index (χ1n) is 7.22. The highest BCUT2D eigenvalue weighted by Crippen LogP contribution is 2.19. The van der Waals surface area contributed by atoms with Crippen LogP contribution in [0.3, 0.4) is 0 Å². The van der Waals surface area contributed by atoms with Crippen molar-refractivity contribution >= 4 is 0 Å². The first-order chi connectivity index (χ1) is 9.16. The van der Waals surface area contributed by atoms with E-state index in [1.165, 1.54) is 18.4 Å². The zero-order chi connectivity index (χ0) is 13.7. The Morgan fingerprint density at radius 1 is 1.32 bits per heavy atom. The number of benzene rings is 1. The summed E-state index contributed by atoms with van der Waals surface area (Å²) in [7, 11) is 0. The van der Waals surface area contributed by atoms with E-state index in [0.717, 1.165) is 18.6 Å². The molecule has 19 heavy (non-hydrogen) atoms. The summed E-state index contributed by atoms with van der Waals surface area (Å²) in [4.78, 5) is 0. The van der Waals surface area contributed by atoms with E-state index in [4.69, 9.17) is 15.2 Å². The summed E-state index contributed by atoms with van der Waals surface area (Å²) in [6, 6.07) is 8.26. The van der Waals surface area contributed by atoms with Crippen molar-refractivity contribution in [3.05, 3.63) is 35.4 Å². The Morgan fingerprint density at radius 2 is 2.05 bits per heavy atom. The van der Waals surface area contributed by atoms with Crippen molar-refractivity contribution in [1.29, 1.82) is 0 Å². The van der Waals surface area contributed by atoms with Gasteiger partial charge >= 0.3 is 0 Å². The summed E-state index contributed by atoms with van der Waals surface area (Å²) in [5, 5.41) is 0. The number of hydrogen-bond donors (Lipinski definition) is 1. The average molecular weight is 263 g/mol. The van der Waals surface area contributed by atoms with Gasteiger partial charge in [-0.15, -0.1) is 0 Å². The van der Waals surface area contributed by atoms with Gasteiger partial charge in [-0.25, -0.2) is 0 Å². The molecule has 2 N–H and O–H groups in total. The standard InChI is InChI=1S/C16H25NO2/c1-12-6-8-14(9-7-12)16(17)13(2)19-11-15-5-3-4-10-18-15/h6-9,13,15-16H,3-5,10-11,17H2,1-2H3. The van der Waals surface area contributed by atoms with Gasteiger partial charge in [-0.1, -0.05) is 29.8 Å². The fourth-order valence-corrected chi connectivity index (χ4v) is 2.36. The second-order valence-corrected chi connectivity index (χ2v) is 5.46. The largest absolute Gasteiger partial charge is 0.376 e. The van der Waals surface area contributed by atoms with Crippen molar-refractivity contribution < 1.29 is 9.47 Å². The van der Waals surface area contributed by atoms with Crippen molar-refractivity contribution in [2.45, 2.75) is 51.4 Å². The monoisotopic (exact) mass is 263 g/mol. The van der Waals surface area contributed by atoms with E-state index in [9.17, 15) is 0 Å². The van der Waals surface area contributed by atoms with E-state index in [1.807, 2.05) is 6.92 Å². The SMILES string of the molecule is Cc1ccc(C(N)C(C)OCC2CCCCO2)cc1. The minimum atomic E-state index is -0.0795. The van der Waals surface area contributed by atoms with E-state index in [2.05, 4.69) is 31.2 Å². The van der Waals surface area contributed by atoms with Crippen LogP contribution in [0.25, 0.3) is 0 Å². The summed E-state index contributed by atoms with van der Waals surface area (Å²) in [6.45, 7) is 5.64. The molecule has 3 unspecified atom stereocenters. The fraction of sp³-hybridized carbons (Fsp3) is 0.625. The van der Waals surface area contributed by atoms with Gasteiger partial charge in [-0.05, 0) is 38.7 Å². The Bertz CT molecular complexity index is 371. The molecular weight excluding hydrogens is 238 g/mol. The van der Waals surface area contributed by atoms with Crippen molar-refractivity contribution in [3.8, 4) is 0 Å². The van der Waals surface area contributed by atoms with Crippen molar-refractivity contribution in [1.82, 2.24) is 0 Å². The van der Waals surface area contributed by atoms with Crippen LogP contribution in [0.1, 0.15) is 43.4 Å². The smallest absolute Gasteiger partial charge is 0.0808 e. The molecular formula is C16H25NO2. The van der Waals surface area contributed by atoms with Crippen LogP contribution < -0.4 is 5.73 Å². The van der Waals surface area contributed by atoms with Crippen LogP contribution >= 0.6 is 0 Å². The molecule has 106 valence electrons. The van der Waals surface area contributed by atoms with Gasteiger partial charge in [0.05, 0.1) is 24.9 Å². The second-order valence-electron chi connectivity index (χ2n) is 5.46. The molecule has 3 nitrogen and oxygen atoms in total. The van der Waals surface area contributed by atoms with E-state index >= 15 is 0 Å². The third-order valence-electron chi connectivity index (χ3n) is 3.79. The molecule has 1 aromatic carbocycles. The summed E-state index contributed by atoms with van der Waals surface area (Å²) >= 11 is 0. The molecule has 1 fully saturated rings. The highest BCUT2D eigenvalue weighted by molar-refractivity contribution is 5.24. The first kappa shape index (κ1) is 14.5. The maximum Gasteiger partial charge on any atom is 0.0808 e. The Labute approximate surface area is 116 Å². The quantitative estimate of drug-likeness (QED) is 0.888. The van der Waals surface area contributed by atoms with Crippen LogP contribution in [-0.4, -0.2) is 25.4 Å². The maximum absolute atomic E-state index is 6.24. The topological polar surface area (TPSA) is 44.5 Å². The number of hydrogen-bond acceptors (Lipinski definition) is 3. The van der Waals surface area contributed by atoms with Crippen LogP contribution in [0.2, 0.25) is 0 Å². The minimum absolute atomic E-state index is 0.00762. The summed E-state index contributed by atoms with van der Waals surface area (Å²) < 4.78 is 11.5. The second kappa shape index (κ2) is 7.04. The Morgan fingerprint density at radius 3 is 2.68 bits per heavy atom. The molecule has 0 radical (unpaired) electrons. The molecule has 1 aromatic rings.